The van der Waals surface area contributed by atoms with Gasteiger partial charge in [-0.05, 0) is 48.0 Å². The summed E-state index contributed by atoms with van der Waals surface area (Å²) in [5.41, 5.74) is 5.79. The van der Waals surface area contributed by atoms with Crippen molar-refractivity contribution >= 4 is 35.3 Å². The molecule has 0 unspecified atom stereocenters. The average molecular weight is 465 g/mol. The van der Waals surface area contributed by atoms with Crippen LogP contribution in [0, 0.1) is 0 Å². The van der Waals surface area contributed by atoms with Crippen molar-refractivity contribution in [2.24, 2.45) is 5.10 Å². The van der Waals surface area contributed by atoms with E-state index in [0.29, 0.717) is 27.9 Å². The minimum atomic E-state index is -0.439. The monoisotopic (exact) mass is 464 g/mol. The van der Waals surface area contributed by atoms with Crippen LogP contribution in [-0.2, 0) is 6.61 Å². The Morgan fingerprint density at radius 1 is 1.00 bits per heavy atom. The number of aromatic nitrogens is 2. The third-order valence-corrected chi connectivity index (χ3v) is 5.24. The van der Waals surface area contributed by atoms with Crippen LogP contribution in [0.4, 0.5) is 0 Å². The Morgan fingerprint density at radius 2 is 1.72 bits per heavy atom. The zero-order valence-electron chi connectivity index (χ0n) is 16.8. The van der Waals surface area contributed by atoms with Crippen LogP contribution in [-0.4, -0.2) is 22.3 Å². The van der Waals surface area contributed by atoms with Crippen LogP contribution in [0.3, 0.4) is 0 Å². The van der Waals surface area contributed by atoms with Crippen LogP contribution in [0.15, 0.2) is 84.0 Å². The van der Waals surface area contributed by atoms with Gasteiger partial charge in [-0.25, -0.2) is 5.43 Å². The van der Waals surface area contributed by atoms with E-state index in [1.807, 2.05) is 54.6 Å². The maximum Gasteiger partial charge on any atom is 0.289 e. The Labute approximate surface area is 194 Å². The molecule has 0 radical (unpaired) electrons. The zero-order chi connectivity index (χ0) is 22.3. The molecule has 4 rings (SSSR count). The fraction of sp³-hybridized carbons (Fsp3) is 0.0417. The molecule has 0 fully saturated rings. The smallest absolute Gasteiger partial charge is 0.289 e. The highest BCUT2D eigenvalue weighted by atomic mass is 35.5. The van der Waals surface area contributed by atoms with Crippen molar-refractivity contribution in [3.05, 3.63) is 106 Å². The first-order valence-electron chi connectivity index (χ1n) is 9.70. The van der Waals surface area contributed by atoms with Crippen LogP contribution in [0.5, 0.6) is 5.75 Å². The van der Waals surface area contributed by atoms with Gasteiger partial charge in [0, 0.05) is 11.1 Å². The second-order valence-electron chi connectivity index (χ2n) is 6.80. The van der Waals surface area contributed by atoms with E-state index in [4.69, 9.17) is 27.9 Å². The Balaban J connectivity index is 1.36. The molecule has 0 saturated heterocycles. The first-order chi connectivity index (χ1) is 15.6. The molecule has 8 heteroatoms. The Morgan fingerprint density at radius 3 is 2.44 bits per heavy atom. The quantitative estimate of drug-likeness (QED) is 0.270. The van der Waals surface area contributed by atoms with Crippen LogP contribution >= 0.6 is 23.2 Å². The number of hydrogen-bond donors (Lipinski definition) is 2. The van der Waals surface area contributed by atoms with Gasteiger partial charge in [0.05, 0.1) is 22.0 Å². The van der Waals surface area contributed by atoms with E-state index in [1.165, 1.54) is 6.21 Å². The van der Waals surface area contributed by atoms with Gasteiger partial charge in [-0.15, -0.1) is 0 Å². The molecule has 4 aromatic rings. The van der Waals surface area contributed by atoms with E-state index in [1.54, 1.807) is 24.3 Å². The predicted octanol–water partition coefficient (Wildman–Crippen LogP) is 5.73. The molecule has 0 aliphatic rings. The van der Waals surface area contributed by atoms with Crippen LogP contribution in [0.25, 0.3) is 11.3 Å². The summed E-state index contributed by atoms with van der Waals surface area (Å²) in [7, 11) is 0. The molecule has 6 nitrogen and oxygen atoms in total. The van der Waals surface area contributed by atoms with Crippen molar-refractivity contribution in [3.8, 4) is 17.0 Å². The largest absolute Gasteiger partial charge is 0.489 e. The number of halogens is 2. The summed E-state index contributed by atoms with van der Waals surface area (Å²) in [6.45, 7) is 0.493. The van der Waals surface area contributed by atoms with Crippen LogP contribution < -0.4 is 10.2 Å². The molecular formula is C24H18Cl2N4O2. The number of carbonyl (C=O) groups is 1. The van der Waals surface area contributed by atoms with Gasteiger partial charge in [0.2, 0.25) is 0 Å². The fourth-order valence-electron chi connectivity index (χ4n) is 2.90. The van der Waals surface area contributed by atoms with E-state index in [2.05, 4.69) is 20.7 Å². The third-order valence-electron chi connectivity index (χ3n) is 4.58. The number of nitrogens with zero attached hydrogens (tertiary/aromatic N) is 2. The number of rotatable bonds is 7. The lowest BCUT2D eigenvalue weighted by Crippen LogP contribution is -2.18. The molecule has 0 spiro atoms. The highest BCUT2D eigenvalue weighted by Gasteiger charge is 2.11. The molecule has 1 amide bonds. The lowest BCUT2D eigenvalue weighted by Gasteiger charge is -2.06. The van der Waals surface area contributed by atoms with Crippen molar-refractivity contribution < 1.29 is 9.53 Å². The van der Waals surface area contributed by atoms with Crippen molar-refractivity contribution in [2.45, 2.75) is 6.61 Å². The SMILES string of the molecule is O=C(N/N=C/c1c(Cl)cccc1Cl)c1cc(-c2ccc(OCc3ccccc3)cc2)n[nH]1. The van der Waals surface area contributed by atoms with E-state index < -0.39 is 5.91 Å². The fourth-order valence-corrected chi connectivity index (χ4v) is 3.39. The van der Waals surface area contributed by atoms with Gasteiger partial charge in [0.25, 0.3) is 5.91 Å². The van der Waals surface area contributed by atoms with Gasteiger partial charge in [-0.1, -0.05) is 59.6 Å². The third kappa shape index (κ3) is 5.35. The molecule has 32 heavy (non-hydrogen) atoms. The highest BCUT2D eigenvalue weighted by molar-refractivity contribution is 6.38. The lowest BCUT2D eigenvalue weighted by molar-refractivity contribution is 0.0950. The number of amides is 1. The number of nitrogens with one attached hydrogen (secondary N) is 2. The van der Waals surface area contributed by atoms with Gasteiger partial charge in [0.15, 0.2) is 0 Å². The number of hydrazone groups is 1. The van der Waals surface area contributed by atoms with Crippen LogP contribution in [0.2, 0.25) is 10.0 Å². The average Bonchev–Trinajstić information content (AvgIpc) is 3.31. The zero-order valence-corrected chi connectivity index (χ0v) is 18.3. The van der Waals surface area contributed by atoms with Gasteiger partial charge in [-0.2, -0.15) is 10.2 Å². The van der Waals surface area contributed by atoms with Crippen molar-refractivity contribution in [3.63, 3.8) is 0 Å². The molecule has 160 valence electrons. The topological polar surface area (TPSA) is 79.4 Å². The van der Waals surface area contributed by atoms with E-state index in [0.717, 1.165) is 16.9 Å². The maximum absolute atomic E-state index is 12.3. The lowest BCUT2D eigenvalue weighted by atomic mass is 10.1. The minimum Gasteiger partial charge on any atom is -0.489 e. The molecule has 1 aromatic heterocycles. The number of benzene rings is 3. The molecular weight excluding hydrogens is 447 g/mol. The van der Waals surface area contributed by atoms with Gasteiger partial charge >= 0.3 is 0 Å². The molecule has 2 N–H and O–H groups in total. The first-order valence-corrected chi connectivity index (χ1v) is 10.5. The molecule has 0 atom stereocenters. The Bertz CT molecular complexity index is 1220. The standard InChI is InChI=1S/C24H18Cl2N4O2/c25-20-7-4-8-21(26)19(20)14-27-30-24(31)23-13-22(28-29-23)17-9-11-18(12-10-17)32-15-16-5-2-1-3-6-16/h1-14H,15H2,(H,28,29)(H,30,31)/b27-14+. The molecule has 0 aliphatic carbocycles. The van der Waals surface area contributed by atoms with Crippen molar-refractivity contribution in [2.75, 3.05) is 0 Å². The Kier molecular flexibility index (Phi) is 6.84. The van der Waals surface area contributed by atoms with Crippen molar-refractivity contribution in [1.82, 2.24) is 15.6 Å². The van der Waals surface area contributed by atoms with Gasteiger partial charge in [0.1, 0.15) is 18.1 Å². The second kappa shape index (κ2) is 10.1. The molecule has 1 heterocycles. The van der Waals surface area contributed by atoms with Crippen molar-refractivity contribution in [1.29, 1.82) is 0 Å². The second-order valence-corrected chi connectivity index (χ2v) is 7.61. The minimum absolute atomic E-state index is 0.270. The maximum atomic E-state index is 12.3. The van der Waals surface area contributed by atoms with E-state index >= 15 is 0 Å². The molecule has 3 aromatic carbocycles. The summed E-state index contributed by atoms with van der Waals surface area (Å²) in [5.74, 6) is 0.310. The number of hydrogen-bond acceptors (Lipinski definition) is 4. The molecule has 0 aliphatic heterocycles. The van der Waals surface area contributed by atoms with Gasteiger partial charge < -0.3 is 4.74 Å². The highest BCUT2D eigenvalue weighted by Crippen LogP contribution is 2.23. The van der Waals surface area contributed by atoms with E-state index in [-0.39, 0.29) is 5.69 Å². The van der Waals surface area contributed by atoms with Crippen LogP contribution in [0.1, 0.15) is 21.6 Å². The number of ether oxygens (including phenoxy) is 1. The molecule has 0 bridgehead atoms. The first kappa shape index (κ1) is 21.6. The summed E-state index contributed by atoms with van der Waals surface area (Å²) in [4.78, 5) is 12.3. The number of aromatic amines is 1. The number of carbonyl (C=O) groups excluding carboxylic acids is 1. The summed E-state index contributed by atoms with van der Waals surface area (Å²) in [6, 6.07) is 24.2. The van der Waals surface area contributed by atoms with E-state index in [9.17, 15) is 4.79 Å². The number of H-pyrrole nitrogens is 1. The Hall–Kier alpha value is -3.61. The normalized spacial score (nSPS) is 10.9. The summed E-state index contributed by atoms with van der Waals surface area (Å²) in [6.07, 6.45) is 1.40. The van der Waals surface area contributed by atoms with Gasteiger partial charge in [-0.3, -0.25) is 9.89 Å². The summed E-state index contributed by atoms with van der Waals surface area (Å²) in [5, 5.41) is 11.7. The summed E-state index contributed by atoms with van der Waals surface area (Å²) < 4.78 is 5.80. The molecule has 0 saturated carbocycles. The predicted molar refractivity (Wildman–Crippen MR) is 126 cm³/mol. The summed E-state index contributed by atoms with van der Waals surface area (Å²) >= 11 is 12.2.